The average molecular weight is 443 g/mol. The van der Waals surface area contributed by atoms with Crippen LogP contribution in [0.3, 0.4) is 0 Å². The first-order chi connectivity index (χ1) is 13.7. The van der Waals surface area contributed by atoms with E-state index < -0.39 is 15.5 Å². The lowest BCUT2D eigenvalue weighted by Gasteiger charge is -2.32. The number of guanidine groups is 1. The SMILES string of the molecule is CCNC(=NCCOC1CCCCCC1)NC1CCN(S(=O)(=O)C(F)(F)F)CC1. The second-order valence-corrected chi connectivity index (χ2v) is 9.44. The van der Waals surface area contributed by atoms with Crippen molar-refractivity contribution in [3.05, 3.63) is 0 Å². The zero-order chi connectivity index (χ0) is 21.3. The van der Waals surface area contributed by atoms with Gasteiger partial charge in [0.15, 0.2) is 5.96 Å². The van der Waals surface area contributed by atoms with Crippen LogP contribution in [0.15, 0.2) is 4.99 Å². The molecule has 0 radical (unpaired) electrons. The van der Waals surface area contributed by atoms with E-state index in [1.54, 1.807) is 0 Å². The summed E-state index contributed by atoms with van der Waals surface area (Å²) in [5.41, 5.74) is -5.25. The van der Waals surface area contributed by atoms with Crippen LogP contribution in [0.1, 0.15) is 58.3 Å². The normalized spacial score (nSPS) is 21.7. The fourth-order valence-corrected chi connectivity index (χ4v) is 4.67. The third kappa shape index (κ3) is 7.60. The van der Waals surface area contributed by atoms with Gasteiger partial charge >= 0.3 is 15.5 Å². The molecule has 0 aromatic carbocycles. The van der Waals surface area contributed by atoms with Gasteiger partial charge in [0.1, 0.15) is 0 Å². The lowest BCUT2D eigenvalue weighted by Crippen LogP contribution is -2.51. The molecule has 0 bridgehead atoms. The minimum absolute atomic E-state index is 0.129. The molecule has 0 aromatic rings. The van der Waals surface area contributed by atoms with Crippen LogP contribution >= 0.6 is 0 Å². The minimum atomic E-state index is -5.25. The first-order valence-corrected chi connectivity index (χ1v) is 11.9. The molecule has 7 nitrogen and oxygen atoms in total. The van der Waals surface area contributed by atoms with Crippen molar-refractivity contribution < 1.29 is 26.3 Å². The van der Waals surface area contributed by atoms with Gasteiger partial charge in [-0.1, -0.05) is 25.7 Å². The Hall–Kier alpha value is -1.07. The molecule has 0 atom stereocenters. The molecule has 2 N–H and O–H groups in total. The van der Waals surface area contributed by atoms with Crippen molar-refractivity contribution in [2.45, 2.75) is 75.9 Å². The Morgan fingerprint density at radius 1 is 1.10 bits per heavy atom. The van der Waals surface area contributed by atoms with Gasteiger partial charge in [0, 0.05) is 25.7 Å². The van der Waals surface area contributed by atoms with E-state index >= 15 is 0 Å². The van der Waals surface area contributed by atoms with Crippen molar-refractivity contribution in [1.29, 1.82) is 0 Å². The fourth-order valence-electron chi connectivity index (χ4n) is 3.69. The summed E-state index contributed by atoms with van der Waals surface area (Å²) in [7, 11) is -5.25. The Labute approximate surface area is 171 Å². The van der Waals surface area contributed by atoms with Crippen molar-refractivity contribution in [3.8, 4) is 0 Å². The van der Waals surface area contributed by atoms with Crippen LogP contribution in [0.5, 0.6) is 0 Å². The van der Waals surface area contributed by atoms with Crippen LogP contribution in [0, 0.1) is 0 Å². The number of nitrogens with zero attached hydrogens (tertiary/aromatic N) is 2. The lowest BCUT2D eigenvalue weighted by molar-refractivity contribution is -0.0494. The molecule has 0 spiro atoms. The van der Waals surface area contributed by atoms with Gasteiger partial charge in [0.05, 0.1) is 19.3 Å². The quantitative estimate of drug-likeness (QED) is 0.274. The van der Waals surface area contributed by atoms with Crippen LogP contribution in [0.4, 0.5) is 13.2 Å². The zero-order valence-corrected chi connectivity index (χ0v) is 17.8. The topological polar surface area (TPSA) is 83.0 Å². The van der Waals surface area contributed by atoms with Crippen molar-refractivity contribution in [2.24, 2.45) is 4.99 Å². The Bertz CT molecular complexity index is 612. The summed E-state index contributed by atoms with van der Waals surface area (Å²) in [5, 5.41) is 6.31. The summed E-state index contributed by atoms with van der Waals surface area (Å²) in [6.07, 6.45) is 8.05. The van der Waals surface area contributed by atoms with Crippen LogP contribution < -0.4 is 10.6 Å². The molecule has 2 aliphatic rings. The van der Waals surface area contributed by atoms with E-state index in [-0.39, 0.29) is 32.0 Å². The first kappa shape index (κ1) is 24.2. The highest BCUT2D eigenvalue weighted by molar-refractivity contribution is 7.90. The van der Waals surface area contributed by atoms with Gasteiger partial charge in [-0.25, -0.2) is 8.42 Å². The molecule has 1 aliphatic heterocycles. The number of piperidine rings is 1. The maximum atomic E-state index is 12.7. The number of sulfonamides is 1. The van der Waals surface area contributed by atoms with Crippen LogP contribution in [0.25, 0.3) is 0 Å². The first-order valence-electron chi connectivity index (χ1n) is 10.5. The molecule has 2 fully saturated rings. The summed E-state index contributed by atoms with van der Waals surface area (Å²) in [4.78, 5) is 4.48. The van der Waals surface area contributed by atoms with Crippen molar-refractivity contribution in [1.82, 2.24) is 14.9 Å². The molecule has 11 heteroatoms. The number of rotatable bonds is 7. The van der Waals surface area contributed by atoms with E-state index in [4.69, 9.17) is 4.74 Å². The molecule has 29 heavy (non-hydrogen) atoms. The minimum Gasteiger partial charge on any atom is -0.376 e. The van der Waals surface area contributed by atoms with E-state index in [9.17, 15) is 21.6 Å². The summed E-state index contributed by atoms with van der Waals surface area (Å²) in [6, 6.07) is -0.129. The number of aliphatic imine (C=N–C) groups is 1. The van der Waals surface area contributed by atoms with Gasteiger partial charge in [-0.2, -0.15) is 17.5 Å². The molecule has 0 aromatic heterocycles. The number of hydrogen-bond donors (Lipinski definition) is 2. The van der Waals surface area contributed by atoms with Crippen LogP contribution in [0.2, 0.25) is 0 Å². The monoisotopic (exact) mass is 442 g/mol. The average Bonchev–Trinajstić information content (AvgIpc) is 2.94. The lowest BCUT2D eigenvalue weighted by atomic mass is 10.1. The predicted octanol–water partition coefficient (Wildman–Crippen LogP) is 2.59. The summed E-state index contributed by atoms with van der Waals surface area (Å²) < 4.78 is 67.4. The zero-order valence-electron chi connectivity index (χ0n) is 17.0. The van der Waals surface area contributed by atoms with Crippen molar-refractivity contribution in [2.75, 3.05) is 32.8 Å². The Kier molecular flexibility index (Phi) is 9.48. The van der Waals surface area contributed by atoms with Gasteiger partial charge in [-0.05, 0) is 32.6 Å². The Balaban J connectivity index is 1.77. The highest BCUT2D eigenvalue weighted by Crippen LogP contribution is 2.29. The highest BCUT2D eigenvalue weighted by atomic mass is 32.2. The third-order valence-corrected chi connectivity index (χ3v) is 6.92. The van der Waals surface area contributed by atoms with E-state index in [1.165, 1.54) is 25.7 Å². The molecule has 2 rings (SSSR count). The van der Waals surface area contributed by atoms with Crippen LogP contribution in [-0.2, 0) is 14.8 Å². The third-order valence-electron chi connectivity index (χ3n) is 5.29. The van der Waals surface area contributed by atoms with Crippen LogP contribution in [-0.4, -0.2) is 69.1 Å². The molecule has 1 aliphatic carbocycles. The summed E-state index contributed by atoms with van der Waals surface area (Å²) >= 11 is 0. The summed E-state index contributed by atoms with van der Waals surface area (Å²) in [6.45, 7) is 3.28. The second-order valence-electron chi connectivity index (χ2n) is 7.51. The number of halogens is 3. The highest BCUT2D eigenvalue weighted by Gasteiger charge is 2.50. The number of alkyl halides is 3. The predicted molar refractivity (Wildman–Crippen MR) is 106 cm³/mol. The Morgan fingerprint density at radius 2 is 1.72 bits per heavy atom. The molecule has 1 saturated heterocycles. The van der Waals surface area contributed by atoms with Gasteiger partial charge in [-0.3, -0.25) is 4.99 Å². The molecule has 1 saturated carbocycles. The second kappa shape index (κ2) is 11.4. The van der Waals surface area contributed by atoms with E-state index in [0.717, 1.165) is 12.8 Å². The fraction of sp³-hybridized carbons (Fsp3) is 0.944. The molecule has 0 unspecified atom stereocenters. The van der Waals surface area contributed by atoms with Gasteiger partial charge in [0.25, 0.3) is 0 Å². The molecule has 1 heterocycles. The number of hydrogen-bond acceptors (Lipinski definition) is 4. The molecular weight excluding hydrogens is 409 g/mol. The van der Waals surface area contributed by atoms with Crippen molar-refractivity contribution in [3.63, 3.8) is 0 Å². The standard InChI is InChI=1S/C18H33F3N4O3S/c1-2-22-17(23-11-14-28-16-7-5-3-4-6-8-16)24-15-9-12-25(13-10-15)29(26,27)18(19,20)21/h15-16H,2-14H2,1H3,(H2,22,23,24). The van der Waals surface area contributed by atoms with Crippen molar-refractivity contribution >= 4 is 16.0 Å². The number of nitrogens with one attached hydrogen (secondary N) is 2. The molecule has 170 valence electrons. The van der Waals surface area contributed by atoms with Gasteiger partial charge < -0.3 is 15.4 Å². The maximum Gasteiger partial charge on any atom is 0.511 e. The Morgan fingerprint density at radius 3 is 2.28 bits per heavy atom. The van der Waals surface area contributed by atoms with E-state index in [1.807, 2.05) is 6.92 Å². The van der Waals surface area contributed by atoms with E-state index in [0.29, 0.717) is 36.1 Å². The number of ether oxygens (including phenoxy) is 1. The summed E-state index contributed by atoms with van der Waals surface area (Å²) in [5.74, 6) is 0.578. The van der Waals surface area contributed by atoms with E-state index in [2.05, 4.69) is 15.6 Å². The van der Waals surface area contributed by atoms with Gasteiger partial charge in [0.2, 0.25) is 0 Å². The smallest absolute Gasteiger partial charge is 0.376 e. The molecular formula is C18H33F3N4O3S. The van der Waals surface area contributed by atoms with Gasteiger partial charge in [-0.15, -0.1) is 0 Å². The molecule has 0 amide bonds. The largest absolute Gasteiger partial charge is 0.511 e. The maximum absolute atomic E-state index is 12.7.